The highest BCUT2D eigenvalue weighted by Gasteiger charge is 2.43. The van der Waals surface area contributed by atoms with Gasteiger partial charge < -0.3 is 4.74 Å². The van der Waals surface area contributed by atoms with Crippen molar-refractivity contribution in [2.45, 2.75) is 30.8 Å². The fourth-order valence-corrected chi connectivity index (χ4v) is 6.41. The van der Waals surface area contributed by atoms with Crippen molar-refractivity contribution in [3.05, 3.63) is 39.7 Å². The van der Waals surface area contributed by atoms with Crippen molar-refractivity contribution < 1.29 is 17.9 Å². The molecule has 3 rings (SSSR count). The van der Waals surface area contributed by atoms with Crippen LogP contribution in [0.5, 0.6) is 0 Å². The van der Waals surface area contributed by atoms with Crippen LogP contribution >= 0.6 is 27.3 Å². The molecule has 0 radical (unpaired) electrons. The quantitative estimate of drug-likeness (QED) is 0.695. The molecule has 1 unspecified atom stereocenters. The molecule has 0 amide bonds. The van der Waals surface area contributed by atoms with Crippen molar-refractivity contribution in [2.24, 2.45) is 0 Å². The smallest absolute Gasteiger partial charge is 0.324 e. The Labute approximate surface area is 153 Å². The molecule has 0 spiro atoms. The normalized spacial score (nSPS) is 17.5. The maximum absolute atomic E-state index is 12.8. The van der Waals surface area contributed by atoms with Crippen molar-refractivity contribution in [1.29, 1.82) is 0 Å². The molecule has 1 aliphatic heterocycles. The van der Waals surface area contributed by atoms with Crippen LogP contribution in [0, 0.1) is 0 Å². The molecule has 0 bridgehead atoms. The Hall–Kier alpha value is -1.22. The van der Waals surface area contributed by atoms with Crippen molar-refractivity contribution in [2.75, 3.05) is 7.11 Å². The zero-order chi connectivity index (χ0) is 17.5. The molecule has 1 aromatic heterocycles. The van der Waals surface area contributed by atoms with E-state index in [1.54, 1.807) is 13.0 Å². The molecule has 24 heavy (non-hydrogen) atoms. The predicted octanol–water partition coefficient (Wildman–Crippen LogP) is 3.63. The van der Waals surface area contributed by atoms with Crippen LogP contribution in [0.15, 0.2) is 39.7 Å². The topological polar surface area (TPSA) is 63.7 Å². The average molecular weight is 430 g/mol. The van der Waals surface area contributed by atoms with Gasteiger partial charge in [0.1, 0.15) is 6.04 Å². The van der Waals surface area contributed by atoms with Gasteiger partial charge in [-0.3, -0.25) is 4.79 Å². The van der Waals surface area contributed by atoms with Crippen LogP contribution in [0.25, 0.3) is 10.4 Å². The third-order valence-electron chi connectivity index (χ3n) is 3.99. The first kappa shape index (κ1) is 17.6. The fraction of sp³-hybridized carbons (Fsp3) is 0.312. The van der Waals surface area contributed by atoms with E-state index in [-0.39, 0.29) is 6.54 Å². The summed E-state index contributed by atoms with van der Waals surface area (Å²) >= 11 is 4.84. The highest BCUT2D eigenvalue weighted by molar-refractivity contribution is 9.10. The van der Waals surface area contributed by atoms with Gasteiger partial charge in [0, 0.05) is 14.2 Å². The Bertz CT molecular complexity index is 874. The summed E-state index contributed by atoms with van der Waals surface area (Å²) < 4.78 is 32.6. The zero-order valence-corrected chi connectivity index (χ0v) is 16.4. The number of carbonyl (C=O) groups excluding carboxylic acids is 1. The van der Waals surface area contributed by atoms with Crippen LogP contribution in [0.2, 0.25) is 0 Å². The summed E-state index contributed by atoms with van der Waals surface area (Å²) in [7, 11) is -2.40. The number of ether oxygens (including phenoxy) is 1. The number of benzene rings is 1. The van der Waals surface area contributed by atoms with Gasteiger partial charge in [-0.2, -0.15) is 4.31 Å². The van der Waals surface area contributed by atoms with Crippen molar-refractivity contribution in [1.82, 2.24) is 4.31 Å². The van der Waals surface area contributed by atoms with E-state index in [2.05, 4.69) is 15.9 Å². The lowest BCUT2D eigenvalue weighted by molar-refractivity contribution is -0.145. The van der Waals surface area contributed by atoms with Gasteiger partial charge >= 0.3 is 5.97 Å². The Balaban J connectivity index is 1.96. The fourth-order valence-electron chi connectivity index (χ4n) is 2.75. The lowest BCUT2D eigenvalue weighted by Gasteiger charge is -2.22. The Kier molecular flexibility index (Phi) is 4.83. The van der Waals surface area contributed by atoms with Gasteiger partial charge in [0.15, 0.2) is 0 Å². The second-order valence-corrected chi connectivity index (χ2v) is 9.31. The average Bonchev–Trinajstić information content (AvgIpc) is 3.08. The van der Waals surface area contributed by atoms with Gasteiger partial charge in [-0.05, 0) is 30.2 Å². The van der Waals surface area contributed by atoms with E-state index in [1.165, 1.54) is 22.8 Å². The summed E-state index contributed by atoms with van der Waals surface area (Å²) in [6, 6.07) is 8.65. The summed E-state index contributed by atoms with van der Waals surface area (Å²) in [4.78, 5) is 13.8. The Morgan fingerprint density at radius 3 is 2.58 bits per heavy atom. The van der Waals surface area contributed by atoms with Crippen molar-refractivity contribution in [3.8, 4) is 10.4 Å². The molecule has 0 aliphatic carbocycles. The maximum Gasteiger partial charge on any atom is 0.324 e. The van der Waals surface area contributed by atoms with E-state index < -0.39 is 22.0 Å². The molecular formula is C16H16BrNO4S2. The number of hydrogen-bond acceptors (Lipinski definition) is 5. The highest BCUT2D eigenvalue weighted by Crippen LogP contribution is 2.42. The number of thiophene rings is 1. The maximum atomic E-state index is 12.8. The minimum Gasteiger partial charge on any atom is -0.468 e. The summed E-state index contributed by atoms with van der Waals surface area (Å²) in [5.41, 5.74) is 0.972. The van der Waals surface area contributed by atoms with E-state index in [1.807, 2.05) is 24.3 Å². The van der Waals surface area contributed by atoms with Crippen LogP contribution in [0.1, 0.15) is 18.2 Å². The summed E-state index contributed by atoms with van der Waals surface area (Å²) in [5.74, 6) is -0.524. The first-order chi connectivity index (χ1) is 11.4. The molecule has 128 valence electrons. The molecule has 0 fully saturated rings. The number of sulfonamides is 1. The molecule has 1 atom stereocenters. The Morgan fingerprint density at radius 2 is 2.04 bits per heavy atom. The summed E-state index contributed by atoms with van der Waals surface area (Å²) in [5, 5.41) is 0. The van der Waals surface area contributed by atoms with Gasteiger partial charge in [-0.1, -0.05) is 35.0 Å². The molecule has 1 aromatic carbocycles. The largest absolute Gasteiger partial charge is 0.468 e. The first-order valence-electron chi connectivity index (χ1n) is 7.36. The number of carbonyl (C=O) groups is 1. The molecule has 0 saturated heterocycles. The number of halogens is 1. The van der Waals surface area contributed by atoms with Gasteiger partial charge in [-0.25, -0.2) is 8.42 Å². The number of esters is 1. The minimum atomic E-state index is -3.67. The summed E-state index contributed by atoms with van der Waals surface area (Å²) in [6.45, 7) is 1.99. The first-order valence-corrected chi connectivity index (χ1v) is 10.4. The molecular weight excluding hydrogens is 414 g/mol. The lowest BCUT2D eigenvalue weighted by atomic mass is 10.2. The van der Waals surface area contributed by atoms with E-state index >= 15 is 0 Å². The molecule has 2 heterocycles. The number of hydrogen-bond donors (Lipinski definition) is 0. The van der Waals surface area contributed by atoms with Gasteiger partial charge in [-0.15, -0.1) is 11.3 Å². The molecule has 5 nitrogen and oxygen atoms in total. The number of rotatable bonds is 4. The number of methoxy groups -OCH3 is 1. The van der Waals surface area contributed by atoms with E-state index in [4.69, 9.17) is 4.74 Å². The van der Waals surface area contributed by atoms with Crippen LogP contribution in [-0.4, -0.2) is 31.8 Å². The van der Waals surface area contributed by atoms with Crippen LogP contribution < -0.4 is 0 Å². The highest BCUT2D eigenvalue weighted by atomic mass is 79.9. The third kappa shape index (κ3) is 2.92. The third-order valence-corrected chi connectivity index (χ3v) is 7.74. The monoisotopic (exact) mass is 429 g/mol. The predicted molar refractivity (Wildman–Crippen MR) is 96.3 cm³/mol. The van der Waals surface area contributed by atoms with Gasteiger partial charge in [0.2, 0.25) is 10.0 Å². The lowest BCUT2D eigenvalue weighted by Crippen LogP contribution is -2.41. The number of nitrogens with zero attached hydrogens (tertiary/aromatic N) is 1. The van der Waals surface area contributed by atoms with Crippen molar-refractivity contribution >= 4 is 43.3 Å². The zero-order valence-electron chi connectivity index (χ0n) is 13.2. The minimum absolute atomic E-state index is 0.215. The molecule has 8 heteroatoms. The summed E-state index contributed by atoms with van der Waals surface area (Å²) in [6.07, 6.45) is 0.375. The standard InChI is InChI=1S/C16H16BrNO4S2/c1-3-12(16(19)22-2)18-9-14-15(24(18,20)21)8-13(23-14)10-4-6-11(17)7-5-10/h4-8,12H,3,9H2,1-2H3. The second kappa shape index (κ2) is 6.59. The van der Waals surface area contributed by atoms with Gasteiger partial charge in [0.05, 0.1) is 18.6 Å². The molecule has 2 aromatic rings. The second-order valence-electron chi connectivity index (χ2n) is 5.40. The van der Waals surface area contributed by atoms with Crippen LogP contribution in [0.4, 0.5) is 0 Å². The van der Waals surface area contributed by atoms with E-state index in [9.17, 15) is 13.2 Å². The van der Waals surface area contributed by atoms with Crippen LogP contribution in [-0.2, 0) is 26.1 Å². The van der Waals surface area contributed by atoms with E-state index in [0.29, 0.717) is 11.3 Å². The van der Waals surface area contributed by atoms with Crippen molar-refractivity contribution in [3.63, 3.8) is 0 Å². The van der Waals surface area contributed by atoms with Gasteiger partial charge in [0.25, 0.3) is 0 Å². The molecule has 0 saturated carbocycles. The van der Waals surface area contributed by atoms with E-state index in [0.717, 1.165) is 19.8 Å². The molecule has 0 N–H and O–H groups in total. The molecule has 1 aliphatic rings. The Morgan fingerprint density at radius 1 is 1.38 bits per heavy atom. The van der Waals surface area contributed by atoms with Crippen LogP contribution in [0.3, 0.4) is 0 Å². The number of fused-ring (bicyclic) bond motifs is 1. The SMILES string of the molecule is CCC(C(=O)OC)N1Cc2sc(-c3ccc(Br)cc3)cc2S1(=O)=O.